The Hall–Kier alpha value is -3.51. The van der Waals surface area contributed by atoms with Gasteiger partial charge in [0.2, 0.25) is 0 Å². The van der Waals surface area contributed by atoms with Crippen molar-refractivity contribution in [2.45, 2.75) is 221 Å². The first-order valence-electron chi connectivity index (χ1n) is 27.2. The van der Waals surface area contributed by atoms with E-state index in [9.17, 15) is 35.1 Å². The standard InChI is InChI=1S/C57H81NO18/c1-31-46(60)50(68-9)47(61)52(71-31)76-49-33(3)70-45(28-40(49)67-8)75-48-32(2)69-44(27-39(48)66-7)73-38-20-21-53(5)37(26-38)19-22-56(64)41(53)29-42(74-51(62)36-16-13-25-58-30-36)54(6)55(63,23-24-57(54,56)65)34(4)72-43(59)18-17-35-14-11-10-12-15-35/h10-18,25,30-34,37-42,44-50,52,60-61,63-65H,19-24,26-29H2,1-9H3/b18-17+/t31-,32-,33-,34?,37?,38+,39+,40-,41-,42-,44+,45+,46-,47-,48-,49-,50+,52+,53+,54-,55-,56+,57-/m1/s1. The Labute approximate surface area is 445 Å². The zero-order valence-electron chi connectivity index (χ0n) is 45.3. The Morgan fingerprint density at radius 2 is 1.41 bits per heavy atom. The lowest BCUT2D eigenvalue weighted by Crippen LogP contribution is -2.79. The van der Waals surface area contributed by atoms with Crippen molar-refractivity contribution in [3.05, 3.63) is 72.1 Å². The predicted molar refractivity (Wildman–Crippen MR) is 271 cm³/mol. The molecule has 0 amide bonds. The maximum absolute atomic E-state index is 14.0. The molecule has 3 saturated heterocycles. The van der Waals surface area contributed by atoms with Gasteiger partial charge in [0.15, 0.2) is 18.9 Å². The first kappa shape index (κ1) is 57.2. The van der Waals surface area contributed by atoms with E-state index in [0.29, 0.717) is 38.5 Å². The number of rotatable bonds is 15. The van der Waals surface area contributed by atoms with E-state index in [-0.39, 0.29) is 43.3 Å². The zero-order valence-corrected chi connectivity index (χ0v) is 45.3. The fraction of sp³-hybridized carbons (Fsp3) is 0.737. The van der Waals surface area contributed by atoms with Crippen LogP contribution >= 0.6 is 0 Å². The van der Waals surface area contributed by atoms with Crippen LogP contribution in [0.4, 0.5) is 0 Å². The molecule has 2 unspecified atom stereocenters. The maximum Gasteiger partial charge on any atom is 0.339 e. The number of methoxy groups -OCH3 is 3. The minimum absolute atomic E-state index is 0.0269. The van der Waals surface area contributed by atoms with Crippen LogP contribution < -0.4 is 0 Å². The van der Waals surface area contributed by atoms with Crippen molar-refractivity contribution in [3.8, 4) is 0 Å². The summed E-state index contributed by atoms with van der Waals surface area (Å²) in [5.74, 6) is -1.89. The topological polar surface area (TPSA) is 250 Å². The number of benzene rings is 1. The highest BCUT2D eigenvalue weighted by atomic mass is 16.8. The number of aliphatic hydroxyl groups is 5. The molecule has 5 N–H and O–H groups in total. The van der Waals surface area contributed by atoms with E-state index in [1.165, 1.54) is 19.4 Å². The number of aromatic nitrogens is 1. The van der Waals surface area contributed by atoms with Gasteiger partial charge < -0.3 is 77.6 Å². The molecule has 7 aliphatic rings. The number of carbonyl (C=O) groups excluding carboxylic acids is 2. The number of aliphatic hydroxyl groups excluding tert-OH is 2. The van der Waals surface area contributed by atoms with Crippen LogP contribution in [0.1, 0.15) is 122 Å². The third-order valence-corrected chi connectivity index (χ3v) is 19.3. The normalized spacial score (nSPS) is 45.8. The minimum atomic E-state index is -1.97. The summed E-state index contributed by atoms with van der Waals surface area (Å²) in [5, 5.41) is 61.1. The first-order valence-corrected chi connectivity index (χ1v) is 27.2. The molecule has 9 rings (SSSR count). The summed E-state index contributed by atoms with van der Waals surface area (Å²) in [7, 11) is 4.62. The van der Waals surface area contributed by atoms with Gasteiger partial charge in [0, 0.05) is 52.6 Å². The van der Waals surface area contributed by atoms with Gasteiger partial charge in [-0.25, -0.2) is 9.59 Å². The van der Waals surface area contributed by atoms with Crippen LogP contribution in [0.3, 0.4) is 0 Å². The highest BCUT2D eigenvalue weighted by Gasteiger charge is 2.82. The fourth-order valence-corrected chi connectivity index (χ4v) is 14.9. The number of carbonyl (C=O) groups is 2. The highest BCUT2D eigenvalue weighted by molar-refractivity contribution is 5.89. The zero-order chi connectivity index (χ0) is 54.5. The molecule has 19 nitrogen and oxygen atoms in total. The van der Waals surface area contributed by atoms with Crippen LogP contribution in [0.5, 0.6) is 0 Å². The number of pyridine rings is 1. The molecule has 422 valence electrons. The number of hydrogen-bond acceptors (Lipinski definition) is 19. The average molecular weight is 1070 g/mol. The van der Waals surface area contributed by atoms with E-state index in [0.717, 1.165) is 5.56 Å². The summed E-state index contributed by atoms with van der Waals surface area (Å²) in [6.07, 6.45) is -2.52. The number of esters is 2. The Kier molecular flexibility index (Phi) is 17.0. The summed E-state index contributed by atoms with van der Waals surface area (Å²) in [4.78, 5) is 31.5. The van der Waals surface area contributed by atoms with Gasteiger partial charge in [-0.1, -0.05) is 44.2 Å². The summed E-state index contributed by atoms with van der Waals surface area (Å²) in [6, 6.07) is 12.5. The largest absolute Gasteiger partial charge is 0.458 e. The second kappa shape index (κ2) is 22.6. The van der Waals surface area contributed by atoms with E-state index in [2.05, 4.69) is 11.9 Å². The molecule has 3 aliphatic heterocycles. The van der Waals surface area contributed by atoms with Crippen LogP contribution in [0.2, 0.25) is 0 Å². The van der Waals surface area contributed by atoms with Crippen molar-refractivity contribution in [2.75, 3.05) is 21.3 Å². The van der Waals surface area contributed by atoms with Crippen molar-refractivity contribution in [2.24, 2.45) is 22.7 Å². The lowest BCUT2D eigenvalue weighted by Gasteiger charge is -2.69. The Bertz CT molecular complexity index is 2330. The lowest BCUT2D eigenvalue weighted by atomic mass is 9.40. The van der Waals surface area contributed by atoms with Crippen molar-refractivity contribution >= 4 is 18.0 Å². The van der Waals surface area contributed by atoms with E-state index in [1.807, 2.05) is 44.2 Å². The van der Waals surface area contributed by atoms with Crippen molar-refractivity contribution in [3.63, 3.8) is 0 Å². The van der Waals surface area contributed by atoms with E-state index >= 15 is 0 Å². The number of nitrogens with zero attached hydrogens (tertiary/aromatic N) is 1. The molecule has 2 aromatic rings. The van der Waals surface area contributed by atoms with Gasteiger partial charge >= 0.3 is 11.9 Å². The molecule has 4 heterocycles. The van der Waals surface area contributed by atoms with Crippen molar-refractivity contribution in [1.29, 1.82) is 0 Å². The van der Waals surface area contributed by atoms with Gasteiger partial charge in [-0.05, 0) is 120 Å². The molecule has 23 atom stereocenters. The molecule has 0 spiro atoms. The summed E-state index contributed by atoms with van der Waals surface area (Å²) in [5.41, 5.74) is -6.85. The van der Waals surface area contributed by atoms with Gasteiger partial charge in [0.05, 0.1) is 53.2 Å². The third kappa shape index (κ3) is 10.1. The molecule has 1 aromatic heterocycles. The fourth-order valence-electron chi connectivity index (χ4n) is 14.9. The van der Waals surface area contributed by atoms with Gasteiger partial charge in [-0.2, -0.15) is 0 Å². The molecule has 7 fully saturated rings. The second-order valence-corrected chi connectivity index (χ2v) is 23.1. The summed E-state index contributed by atoms with van der Waals surface area (Å²) >= 11 is 0. The van der Waals surface area contributed by atoms with Crippen LogP contribution in [0.25, 0.3) is 6.08 Å². The second-order valence-electron chi connectivity index (χ2n) is 23.1. The molecular formula is C57H81NO18. The third-order valence-electron chi connectivity index (χ3n) is 19.3. The van der Waals surface area contributed by atoms with E-state index in [4.69, 9.17) is 52.1 Å². The molecule has 76 heavy (non-hydrogen) atoms. The molecule has 1 aromatic carbocycles. The predicted octanol–water partition coefficient (Wildman–Crippen LogP) is 4.80. The lowest BCUT2D eigenvalue weighted by molar-refractivity contribution is -0.353. The van der Waals surface area contributed by atoms with Gasteiger partial charge in [-0.15, -0.1) is 0 Å². The Balaban J connectivity index is 0.863. The SMILES string of the molecule is CO[C@@H]1[C@@H](O)[C@H](O[C@@H]2[C@@H](C)O[C@@H](O[C@H]3[C@@H](OC)C[C@H](O[C@H]4CC[C@@]5(C)C(CC[C@]6(O)[C@@H]5C[C@@H](OC(=O)c5cccnc5)[C@@]5(C)[C@]6(O)CC[C@@]5(O)C(C)OC(=O)/C=C/c5ccccc5)C4)O[C@@H]3C)C[C@H]2OC)O[C@H](C)[C@H]1O. The minimum Gasteiger partial charge on any atom is -0.458 e. The first-order chi connectivity index (χ1) is 36.1. The molecule has 4 saturated carbocycles. The van der Waals surface area contributed by atoms with Gasteiger partial charge in [0.25, 0.3) is 0 Å². The quantitative estimate of drug-likeness (QED) is 0.0913. The van der Waals surface area contributed by atoms with Crippen molar-refractivity contribution in [1.82, 2.24) is 4.98 Å². The molecular weight excluding hydrogens is 987 g/mol. The highest BCUT2D eigenvalue weighted by Crippen LogP contribution is 2.72. The number of fused-ring (bicyclic) bond motifs is 5. The van der Waals surface area contributed by atoms with E-state index < -0.39 is 138 Å². The van der Waals surface area contributed by atoms with E-state index in [1.54, 1.807) is 59.4 Å². The monoisotopic (exact) mass is 1070 g/mol. The smallest absolute Gasteiger partial charge is 0.339 e. The summed E-state index contributed by atoms with van der Waals surface area (Å²) in [6.45, 7) is 10.9. The van der Waals surface area contributed by atoms with Gasteiger partial charge in [-0.3, -0.25) is 4.98 Å². The van der Waals surface area contributed by atoms with Crippen LogP contribution in [-0.2, 0) is 56.9 Å². The Morgan fingerprint density at radius 1 is 0.737 bits per heavy atom. The van der Waals surface area contributed by atoms with Crippen molar-refractivity contribution < 1.29 is 87.2 Å². The number of ether oxygens (including phenoxy) is 11. The van der Waals surface area contributed by atoms with Crippen LogP contribution in [-0.4, -0.2) is 179 Å². The Morgan fingerprint density at radius 3 is 2.05 bits per heavy atom. The van der Waals surface area contributed by atoms with Gasteiger partial charge in [0.1, 0.15) is 53.9 Å². The molecule has 4 aliphatic carbocycles. The van der Waals surface area contributed by atoms with Crippen LogP contribution in [0, 0.1) is 22.7 Å². The number of hydrogen-bond donors (Lipinski definition) is 5. The molecule has 19 heteroatoms. The molecule has 0 bridgehead atoms. The average Bonchev–Trinajstić information content (AvgIpc) is 3.75. The van der Waals surface area contributed by atoms with Crippen LogP contribution in [0.15, 0.2) is 60.9 Å². The maximum atomic E-state index is 14.0. The molecule has 0 radical (unpaired) electrons. The summed E-state index contributed by atoms with van der Waals surface area (Å²) < 4.78 is 68.1.